The second kappa shape index (κ2) is 10.1. The Morgan fingerprint density at radius 2 is 1.70 bits per heavy atom. The smallest absolute Gasteiger partial charge is 0.251 e. The summed E-state index contributed by atoms with van der Waals surface area (Å²) in [7, 11) is 3.27. The first kappa shape index (κ1) is 18.2. The third-order valence-corrected chi connectivity index (χ3v) is 2.42. The van der Waals surface area contributed by atoms with E-state index in [9.17, 15) is 9.59 Å². The lowest BCUT2D eigenvalue weighted by Crippen LogP contribution is -2.38. The summed E-state index contributed by atoms with van der Waals surface area (Å²) in [5.74, 6) is 0.433. The number of methoxy groups -OCH3 is 1. The van der Waals surface area contributed by atoms with Gasteiger partial charge in [0.25, 0.3) is 5.91 Å². The number of carbonyl (C=O) groups is 2. The molecule has 7 heteroatoms. The minimum Gasteiger partial charge on any atom is -0.497 e. The van der Waals surface area contributed by atoms with Crippen molar-refractivity contribution in [3.63, 3.8) is 0 Å². The minimum absolute atomic E-state index is 0. The highest BCUT2D eigenvalue weighted by molar-refractivity contribution is 5.94. The number of likely N-dealkylation sites (N-methyl/N-ethyl adjacent to an activating group) is 1. The number of rotatable bonds is 7. The Morgan fingerprint density at radius 1 is 1.10 bits per heavy atom. The van der Waals surface area contributed by atoms with Crippen LogP contribution in [0.5, 0.6) is 5.75 Å². The minimum atomic E-state index is -0.175. The number of halogens is 1. The maximum atomic E-state index is 11.7. The van der Waals surface area contributed by atoms with Gasteiger partial charge in [0.1, 0.15) is 5.75 Å². The monoisotopic (exact) mass is 301 g/mol. The van der Waals surface area contributed by atoms with E-state index in [4.69, 9.17) is 4.74 Å². The van der Waals surface area contributed by atoms with Crippen molar-refractivity contribution in [3.8, 4) is 5.75 Å². The van der Waals surface area contributed by atoms with Gasteiger partial charge in [0.2, 0.25) is 5.91 Å². The van der Waals surface area contributed by atoms with Crippen molar-refractivity contribution in [2.24, 2.45) is 0 Å². The topological polar surface area (TPSA) is 79.5 Å². The van der Waals surface area contributed by atoms with Gasteiger partial charge in [-0.1, -0.05) is 0 Å². The first-order valence-corrected chi connectivity index (χ1v) is 6.01. The molecule has 20 heavy (non-hydrogen) atoms. The lowest BCUT2D eigenvalue weighted by Gasteiger charge is -2.07. The molecule has 0 spiro atoms. The zero-order chi connectivity index (χ0) is 14.1. The average Bonchev–Trinajstić information content (AvgIpc) is 2.44. The van der Waals surface area contributed by atoms with Crippen molar-refractivity contribution in [1.29, 1.82) is 0 Å². The fraction of sp³-hybridized carbons (Fsp3) is 0.385. The third kappa shape index (κ3) is 6.40. The Morgan fingerprint density at radius 3 is 2.25 bits per heavy atom. The molecule has 0 fully saturated rings. The number of hydrogen-bond donors (Lipinski definition) is 3. The van der Waals surface area contributed by atoms with Gasteiger partial charge < -0.3 is 20.7 Å². The van der Waals surface area contributed by atoms with Gasteiger partial charge in [-0.15, -0.1) is 12.4 Å². The van der Waals surface area contributed by atoms with E-state index in [2.05, 4.69) is 16.0 Å². The predicted octanol–water partition coefficient (Wildman–Crippen LogP) is 0.182. The lowest BCUT2D eigenvalue weighted by atomic mass is 10.2. The number of carbonyl (C=O) groups excluding carboxylic acids is 2. The molecule has 1 aromatic rings. The molecule has 0 saturated heterocycles. The van der Waals surface area contributed by atoms with Gasteiger partial charge in [0, 0.05) is 18.7 Å². The first-order valence-electron chi connectivity index (χ1n) is 6.01. The number of ether oxygens (including phenoxy) is 1. The molecule has 0 unspecified atom stereocenters. The molecule has 1 rings (SSSR count). The molecule has 0 radical (unpaired) electrons. The second-order valence-electron chi connectivity index (χ2n) is 3.86. The summed E-state index contributed by atoms with van der Waals surface area (Å²) in [6.07, 6.45) is 0. The van der Waals surface area contributed by atoms with Gasteiger partial charge in [-0.05, 0) is 31.3 Å². The van der Waals surface area contributed by atoms with E-state index >= 15 is 0 Å². The Balaban J connectivity index is 0.00000361. The quantitative estimate of drug-likeness (QED) is 0.628. The highest BCUT2D eigenvalue weighted by atomic mass is 35.5. The van der Waals surface area contributed by atoms with Crippen LogP contribution in [0, 0.1) is 0 Å². The molecule has 0 heterocycles. The zero-order valence-corrected chi connectivity index (χ0v) is 12.4. The Kier molecular flexibility index (Phi) is 9.15. The normalized spacial score (nSPS) is 9.30. The van der Waals surface area contributed by atoms with Crippen LogP contribution in [0.15, 0.2) is 24.3 Å². The lowest BCUT2D eigenvalue weighted by molar-refractivity contribution is -0.120. The largest absolute Gasteiger partial charge is 0.497 e. The molecule has 0 aliphatic carbocycles. The van der Waals surface area contributed by atoms with Gasteiger partial charge >= 0.3 is 0 Å². The van der Waals surface area contributed by atoms with E-state index in [1.54, 1.807) is 38.4 Å². The Labute approximate surface area is 124 Å². The molecule has 0 aliphatic rings. The van der Waals surface area contributed by atoms with Crippen molar-refractivity contribution in [1.82, 2.24) is 16.0 Å². The molecule has 0 saturated carbocycles. The van der Waals surface area contributed by atoms with Crippen molar-refractivity contribution in [2.45, 2.75) is 0 Å². The number of nitrogens with one attached hydrogen (secondary N) is 3. The van der Waals surface area contributed by atoms with Crippen LogP contribution in [0.4, 0.5) is 0 Å². The van der Waals surface area contributed by atoms with Crippen molar-refractivity contribution >= 4 is 24.2 Å². The summed E-state index contributed by atoms with van der Waals surface area (Å²) >= 11 is 0. The van der Waals surface area contributed by atoms with Crippen LogP contribution < -0.4 is 20.7 Å². The number of hydrogen-bond acceptors (Lipinski definition) is 4. The van der Waals surface area contributed by atoms with Crippen LogP contribution in [0.3, 0.4) is 0 Å². The van der Waals surface area contributed by atoms with Crippen molar-refractivity contribution in [2.75, 3.05) is 33.8 Å². The van der Waals surface area contributed by atoms with Crippen molar-refractivity contribution in [3.05, 3.63) is 29.8 Å². The van der Waals surface area contributed by atoms with E-state index in [1.165, 1.54) is 0 Å². The molecule has 0 aromatic heterocycles. The fourth-order valence-electron chi connectivity index (χ4n) is 1.45. The highest BCUT2D eigenvalue weighted by Crippen LogP contribution is 2.10. The maximum Gasteiger partial charge on any atom is 0.251 e. The van der Waals surface area contributed by atoms with Gasteiger partial charge in [0.15, 0.2) is 0 Å². The van der Waals surface area contributed by atoms with Crippen LogP contribution in [-0.2, 0) is 4.79 Å². The summed E-state index contributed by atoms with van der Waals surface area (Å²) in [6, 6.07) is 6.83. The highest BCUT2D eigenvalue weighted by Gasteiger charge is 2.05. The van der Waals surface area contributed by atoms with E-state index in [1.807, 2.05) is 0 Å². The Bertz CT molecular complexity index is 423. The second-order valence-corrected chi connectivity index (χ2v) is 3.86. The predicted molar refractivity (Wildman–Crippen MR) is 79.5 cm³/mol. The number of benzene rings is 1. The van der Waals surface area contributed by atoms with Gasteiger partial charge in [0.05, 0.1) is 13.7 Å². The van der Waals surface area contributed by atoms with Crippen LogP contribution in [0.1, 0.15) is 10.4 Å². The molecular formula is C13H20ClN3O3. The molecule has 1 aromatic carbocycles. The summed E-state index contributed by atoms with van der Waals surface area (Å²) in [4.78, 5) is 22.9. The Hall–Kier alpha value is -1.79. The van der Waals surface area contributed by atoms with E-state index in [-0.39, 0.29) is 30.8 Å². The zero-order valence-electron chi connectivity index (χ0n) is 11.6. The van der Waals surface area contributed by atoms with E-state index in [0.717, 1.165) is 0 Å². The van der Waals surface area contributed by atoms with E-state index < -0.39 is 0 Å². The molecule has 0 bridgehead atoms. The van der Waals surface area contributed by atoms with E-state index in [0.29, 0.717) is 24.4 Å². The van der Waals surface area contributed by atoms with Crippen LogP contribution in [-0.4, -0.2) is 45.6 Å². The van der Waals surface area contributed by atoms with Gasteiger partial charge in [-0.25, -0.2) is 0 Å². The molecule has 112 valence electrons. The van der Waals surface area contributed by atoms with Crippen LogP contribution >= 0.6 is 12.4 Å². The number of amides is 2. The van der Waals surface area contributed by atoms with Gasteiger partial charge in [-0.2, -0.15) is 0 Å². The van der Waals surface area contributed by atoms with Crippen LogP contribution in [0.2, 0.25) is 0 Å². The molecular weight excluding hydrogens is 282 g/mol. The summed E-state index contributed by atoms with van der Waals surface area (Å²) in [5, 5.41) is 8.13. The fourth-order valence-corrected chi connectivity index (χ4v) is 1.45. The SMILES string of the molecule is CNCC(=O)NCCNC(=O)c1ccc(OC)cc1.Cl. The summed E-state index contributed by atoms with van der Waals surface area (Å²) in [6.45, 7) is 1.06. The molecule has 0 aliphatic heterocycles. The first-order chi connectivity index (χ1) is 9.17. The average molecular weight is 302 g/mol. The molecule has 2 amide bonds. The molecule has 6 nitrogen and oxygen atoms in total. The van der Waals surface area contributed by atoms with Crippen molar-refractivity contribution < 1.29 is 14.3 Å². The van der Waals surface area contributed by atoms with Gasteiger partial charge in [-0.3, -0.25) is 9.59 Å². The molecule has 0 atom stereocenters. The standard InChI is InChI=1S/C13H19N3O3.ClH/c1-14-9-12(17)15-7-8-16-13(18)10-3-5-11(19-2)6-4-10;/h3-6,14H,7-9H2,1-2H3,(H,15,17)(H,16,18);1H. The summed E-state index contributed by atoms with van der Waals surface area (Å²) in [5.41, 5.74) is 0.558. The third-order valence-electron chi connectivity index (χ3n) is 2.42. The van der Waals surface area contributed by atoms with Crippen LogP contribution in [0.25, 0.3) is 0 Å². The molecule has 3 N–H and O–H groups in total. The maximum absolute atomic E-state index is 11.7. The summed E-state index contributed by atoms with van der Waals surface area (Å²) < 4.78 is 5.01.